The predicted molar refractivity (Wildman–Crippen MR) is 137 cm³/mol. The molecule has 184 valence electrons. The molecule has 0 aliphatic carbocycles. The summed E-state index contributed by atoms with van der Waals surface area (Å²) in [4.78, 5) is 0. The summed E-state index contributed by atoms with van der Waals surface area (Å²) in [6.07, 6.45) is 9.33. The fourth-order valence-electron chi connectivity index (χ4n) is 4.86. The second-order valence-corrected chi connectivity index (χ2v) is 9.38. The van der Waals surface area contributed by atoms with E-state index in [0.29, 0.717) is 35.6 Å². The Kier molecular flexibility index (Phi) is 8.46. The van der Waals surface area contributed by atoms with E-state index < -0.39 is 11.6 Å². The average Bonchev–Trinajstić information content (AvgIpc) is 2.88. The van der Waals surface area contributed by atoms with Gasteiger partial charge in [0, 0.05) is 11.1 Å². The number of ether oxygens (including phenoxy) is 1. The minimum atomic E-state index is -0.823. The van der Waals surface area contributed by atoms with Gasteiger partial charge in [-0.3, -0.25) is 0 Å². The number of benzene rings is 3. The Bertz CT molecular complexity index is 1160. The molecule has 3 aromatic rings. The summed E-state index contributed by atoms with van der Waals surface area (Å²) in [7, 11) is 0. The molecular weight excluding hydrogens is 445 g/mol. The average molecular weight is 479 g/mol. The van der Waals surface area contributed by atoms with E-state index in [2.05, 4.69) is 12.2 Å². The first-order valence-corrected chi connectivity index (χ1v) is 12.6. The molecule has 35 heavy (non-hydrogen) atoms. The molecule has 0 spiro atoms. The third kappa shape index (κ3) is 5.87. The minimum Gasteiger partial charge on any atom is -0.373 e. The van der Waals surface area contributed by atoms with Crippen LogP contribution in [0.5, 0.6) is 0 Å². The van der Waals surface area contributed by atoms with Gasteiger partial charge in [0.2, 0.25) is 0 Å². The minimum absolute atomic E-state index is 0.210. The molecule has 0 bridgehead atoms. The van der Waals surface area contributed by atoms with Gasteiger partial charge in [0.05, 0.1) is 12.7 Å². The van der Waals surface area contributed by atoms with E-state index in [1.807, 2.05) is 38.1 Å². The first-order valence-electron chi connectivity index (χ1n) is 12.6. The van der Waals surface area contributed by atoms with Gasteiger partial charge in [0.15, 0.2) is 11.6 Å². The van der Waals surface area contributed by atoms with Crippen LogP contribution in [0.2, 0.25) is 0 Å². The van der Waals surface area contributed by atoms with Gasteiger partial charge >= 0.3 is 0 Å². The Morgan fingerprint density at radius 1 is 0.886 bits per heavy atom. The monoisotopic (exact) mass is 478 g/mol. The highest BCUT2D eigenvalue weighted by Gasteiger charge is 2.25. The van der Waals surface area contributed by atoms with Crippen molar-refractivity contribution in [1.29, 1.82) is 0 Å². The SMILES string of the molecule is C/C=C/CCC1CCC(c2ccc(-c3ccc(-c4ccc(CCC)c(F)c4F)cc3)cc2F)OC1. The van der Waals surface area contributed by atoms with Crippen LogP contribution in [0.1, 0.15) is 63.2 Å². The zero-order valence-electron chi connectivity index (χ0n) is 20.5. The molecule has 1 heterocycles. The number of halogens is 3. The molecule has 0 aromatic heterocycles. The van der Waals surface area contributed by atoms with Crippen LogP contribution in [-0.2, 0) is 11.2 Å². The summed E-state index contributed by atoms with van der Waals surface area (Å²) < 4.78 is 50.0. The van der Waals surface area contributed by atoms with Crippen molar-refractivity contribution in [3.8, 4) is 22.3 Å². The Hall–Kier alpha value is -2.85. The first kappa shape index (κ1) is 25.2. The Labute approximate surface area is 206 Å². The molecule has 0 saturated carbocycles. The van der Waals surface area contributed by atoms with E-state index in [4.69, 9.17) is 4.74 Å². The molecule has 1 saturated heterocycles. The van der Waals surface area contributed by atoms with Crippen molar-refractivity contribution in [2.75, 3.05) is 6.61 Å². The highest BCUT2D eigenvalue weighted by atomic mass is 19.2. The zero-order chi connectivity index (χ0) is 24.8. The summed E-state index contributed by atoms with van der Waals surface area (Å²) in [5.74, 6) is -1.34. The van der Waals surface area contributed by atoms with Gasteiger partial charge in [-0.1, -0.05) is 74.0 Å². The van der Waals surface area contributed by atoms with Crippen LogP contribution in [0.15, 0.2) is 66.7 Å². The second-order valence-electron chi connectivity index (χ2n) is 9.38. The second kappa shape index (κ2) is 11.7. The van der Waals surface area contributed by atoms with Crippen molar-refractivity contribution >= 4 is 0 Å². The van der Waals surface area contributed by atoms with Gasteiger partial charge in [0.1, 0.15) is 5.82 Å². The molecule has 4 rings (SSSR count). The molecule has 2 atom stereocenters. The maximum atomic E-state index is 15.0. The molecular formula is C31H33F3O. The number of hydrogen-bond donors (Lipinski definition) is 0. The van der Waals surface area contributed by atoms with Gasteiger partial charge in [0.25, 0.3) is 0 Å². The van der Waals surface area contributed by atoms with Crippen molar-refractivity contribution in [1.82, 2.24) is 0 Å². The van der Waals surface area contributed by atoms with E-state index in [-0.39, 0.29) is 17.5 Å². The Morgan fingerprint density at radius 2 is 1.63 bits per heavy atom. The van der Waals surface area contributed by atoms with Crippen molar-refractivity contribution < 1.29 is 17.9 Å². The number of allylic oxidation sites excluding steroid dienone is 2. The van der Waals surface area contributed by atoms with E-state index in [1.165, 1.54) is 6.07 Å². The quantitative estimate of drug-likeness (QED) is 0.293. The van der Waals surface area contributed by atoms with E-state index in [1.54, 1.807) is 24.3 Å². The fraction of sp³-hybridized carbons (Fsp3) is 0.355. The largest absolute Gasteiger partial charge is 0.373 e. The van der Waals surface area contributed by atoms with Crippen LogP contribution in [0.25, 0.3) is 22.3 Å². The molecule has 1 aliphatic heterocycles. The molecule has 4 heteroatoms. The van der Waals surface area contributed by atoms with Crippen LogP contribution in [-0.4, -0.2) is 6.61 Å². The summed E-state index contributed by atoms with van der Waals surface area (Å²) in [6.45, 7) is 4.63. The molecule has 3 aromatic carbocycles. The maximum absolute atomic E-state index is 15.0. The molecule has 2 unspecified atom stereocenters. The van der Waals surface area contributed by atoms with Gasteiger partial charge in [-0.15, -0.1) is 0 Å². The smallest absolute Gasteiger partial charge is 0.166 e. The summed E-state index contributed by atoms with van der Waals surface area (Å²) in [5, 5.41) is 0. The van der Waals surface area contributed by atoms with Crippen LogP contribution in [0.4, 0.5) is 13.2 Å². The van der Waals surface area contributed by atoms with Gasteiger partial charge in [-0.05, 0) is 73.3 Å². The van der Waals surface area contributed by atoms with Crippen molar-refractivity contribution in [2.24, 2.45) is 5.92 Å². The molecule has 0 amide bonds. The molecule has 1 fully saturated rings. The lowest BCUT2D eigenvalue weighted by Gasteiger charge is -2.29. The summed E-state index contributed by atoms with van der Waals surface area (Å²) in [6, 6.07) is 15.6. The number of rotatable bonds is 8. The van der Waals surface area contributed by atoms with E-state index >= 15 is 4.39 Å². The highest BCUT2D eigenvalue weighted by Crippen LogP contribution is 2.35. The lowest BCUT2D eigenvalue weighted by atomic mass is 9.90. The molecule has 0 radical (unpaired) electrons. The number of hydrogen-bond acceptors (Lipinski definition) is 1. The van der Waals surface area contributed by atoms with Crippen LogP contribution >= 0.6 is 0 Å². The molecule has 0 N–H and O–H groups in total. The lowest BCUT2D eigenvalue weighted by Crippen LogP contribution is -2.21. The maximum Gasteiger partial charge on any atom is 0.166 e. The fourth-order valence-corrected chi connectivity index (χ4v) is 4.86. The molecule has 1 aliphatic rings. The molecule has 1 nitrogen and oxygen atoms in total. The topological polar surface area (TPSA) is 9.23 Å². The van der Waals surface area contributed by atoms with Crippen molar-refractivity contribution in [3.63, 3.8) is 0 Å². The first-order chi connectivity index (χ1) is 17.0. The summed E-state index contributed by atoms with van der Waals surface area (Å²) in [5.41, 5.74) is 3.37. The Morgan fingerprint density at radius 3 is 2.29 bits per heavy atom. The third-order valence-electron chi connectivity index (χ3n) is 6.91. The summed E-state index contributed by atoms with van der Waals surface area (Å²) >= 11 is 0. The van der Waals surface area contributed by atoms with Gasteiger partial charge in [-0.25, -0.2) is 13.2 Å². The predicted octanol–water partition coefficient (Wildman–Crippen LogP) is 9.21. The van der Waals surface area contributed by atoms with Gasteiger partial charge < -0.3 is 4.74 Å². The van der Waals surface area contributed by atoms with E-state index in [9.17, 15) is 8.78 Å². The standard InChI is InChI=1S/C31H33F3O/c1-3-5-6-8-21-9-18-29(35-20-21)27-17-15-25(19-28(27)32)22-10-12-23(13-11-22)26-16-14-24(7-4-2)30(33)31(26)34/h3,5,10-17,19,21,29H,4,6-9,18,20H2,1-2H3/b5-3+. The van der Waals surface area contributed by atoms with Crippen LogP contribution in [0, 0.1) is 23.4 Å². The highest BCUT2D eigenvalue weighted by molar-refractivity contribution is 5.71. The number of aryl methyl sites for hydroxylation is 1. The van der Waals surface area contributed by atoms with E-state index in [0.717, 1.165) is 43.2 Å². The third-order valence-corrected chi connectivity index (χ3v) is 6.91. The van der Waals surface area contributed by atoms with Crippen molar-refractivity contribution in [3.05, 3.63) is 95.3 Å². The van der Waals surface area contributed by atoms with Crippen LogP contribution < -0.4 is 0 Å². The normalized spacial score (nSPS) is 18.3. The van der Waals surface area contributed by atoms with Crippen molar-refractivity contribution in [2.45, 2.75) is 58.5 Å². The Balaban J connectivity index is 1.45. The lowest BCUT2D eigenvalue weighted by molar-refractivity contribution is -0.0207. The van der Waals surface area contributed by atoms with Gasteiger partial charge in [-0.2, -0.15) is 0 Å². The zero-order valence-corrected chi connectivity index (χ0v) is 20.5. The van der Waals surface area contributed by atoms with Crippen LogP contribution in [0.3, 0.4) is 0 Å².